The van der Waals surface area contributed by atoms with E-state index in [2.05, 4.69) is 20.8 Å². The van der Waals surface area contributed by atoms with Crippen LogP contribution in [-0.2, 0) is 9.59 Å². The Kier molecular flexibility index (Phi) is 8.01. The monoisotopic (exact) mass is 510 g/mol. The number of carbonyl (C=O) groups excluding carboxylic acids is 2. The molecule has 3 aromatic carbocycles. The average Bonchev–Trinajstić information content (AvgIpc) is 3.33. The number of hydrogen-bond acceptors (Lipinski definition) is 9. The highest BCUT2D eigenvalue weighted by atomic mass is 32.2. The highest BCUT2D eigenvalue weighted by Gasteiger charge is 2.13. The predicted molar refractivity (Wildman–Crippen MR) is 137 cm³/mol. The van der Waals surface area contributed by atoms with Gasteiger partial charge in [0.15, 0.2) is 10.9 Å². The van der Waals surface area contributed by atoms with Crippen LogP contribution in [0.4, 0.5) is 10.8 Å². The second-order valence-corrected chi connectivity index (χ2v) is 9.32. The Morgan fingerprint density at radius 3 is 2.49 bits per heavy atom. The third-order valence-corrected chi connectivity index (χ3v) is 6.73. The van der Waals surface area contributed by atoms with E-state index in [4.69, 9.17) is 14.2 Å². The minimum Gasteiger partial charge on any atom is -0.497 e. The van der Waals surface area contributed by atoms with E-state index in [1.54, 1.807) is 25.3 Å². The summed E-state index contributed by atoms with van der Waals surface area (Å²) in [6.45, 7) is -0.160. The average molecular weight is 511 g/mol. The third kappa shape index (κ3) is 6.61. The van der Waals surface area contributed by atoms with E-state index in [-0.39, 0.29) is 24.2 Å². The number of benzene rings is 3. The van der Waals surface area contributed by atoms with Crippen LogP contribution in [0.25, 0.3) is 10.8 Å². The number of anilines is 2. The summed E-state index contributed by atoms with van der Waals surface area (Å²) in [6, 6.07) is 18.7. The van der Waals surface area contributed by atoms with Gasteiger partial charge in [-0.05, 0) is 35.0 Å². The molecule has 35 heavy (non-hydrogen) atoms. The largest absolute Gasteiger partial charge is 0.497 e. The van der Waals surface area contributed by atoms with Gasteiger partial charge in [-0.3, -0.25) is 14.9 Å². The number of nitrogens with one attached hydrogen (secondary N) is 2. The van der Waals surface area contributed by atoms with Crippen molar-refractivity contribution in [3.05, 3.63) is 60.7 Å². The maximum atomic E-state index is 12.3. The van der Waals surface area contributed by atoms with Gasteiger partial charge >= 0.3 is 0 Å². The van der Waals surface area contributed by atoms with Crippen molar-refractivity contribution in [1.29, 1.82) is 0 Å². The zero-order chi connectivity index (χ0) is 24.6. The molecule has 2 amide bonds. The van der Waals surface area contributed by atoms with Gasteiger partial charge in [0.2, 0.25) is 11.0 Å². The summed E-state index contributed by atoms with van der Waals surface area (Å²) < 4.78 is 16.6. The van der Waals surface area contributed by atoms with Gasteiger partial charge in [0, 0.05) is 6.07 Å². The number of methoxy groups -OCH3 is 2. The molecule has 4 aromatic rings. The van der Waals surface area contributed by atoms with Crippen LogP contribution in [0.2, 0.25) is 0 Å². The first-order valence-corrected chi connectivity index (χ1v) is 12.2. The van der Waals surface area contributed by atoms with Crippen molar-refractivity contribution in [2.45, 2.75) is 4.34 Å². The topological polar surface area (TPSA) is 112 Å². The zero-order valence-electron chi connectivity index (χ0n) is 18.9. The van der Waals surface area contributed by atoms with Crippen LogP contribution in [0.1, 0.15) is 0 Å². The molecule has 0 fully saturated rings. The standard InChI is InChI=1S/C24H22N4O5S2/c1-31-17-9-10-19(20(12-17)32-2)25-22(30)14-34-24-28-27-23(35-24)26-21(29)13-33-18-8-7-15-5-3-4-6-16(15)11-18/h3-12H,13-14H2,1-2H3,(H,25,30)(H,26,27,29). The van der Waals surface area contributed by atoms with Crippen LogP contribution < -0.4 is 24.8 Å². The van der Waals surface area contributed by atoms with E-state index in [0.717, 1.165) is 10.8 Å². The molecule has 0 spiro atoms. The number of thioether (sulfide) groups is 1. The SMILES string of the molecule is COc1ccc(NC(=O)CSc2nnc(NC(=O)COc3ccc4ccccc4c3)s2)c(OC)c1. The summed E-state index contributed by atoms with van der Waals surface area (Å²) in [5, 5.41) is 15.9. The summed E-state index contributed by atoms with van der Waals surface area (Å²) in [6.07, 6.45) is 0. The highest BCUT2D eigenvalue weighted by Crippen LogP contribution is 2.30. The van der Waals surface area contributed by atoms with Crippen molar-refractivity contribution in [2.24, 2.45) is 0 Å². The number of aromatic nitrogens is 2. The lowest BCUT2D eigenvalue weighted by atomic mass is 10.1. The Balaban J connectivity index is 1.24. The van der Waals surface area contributed by atoms with E-state index in [1.807, 2.05) is 42.5 Å². The van der Waals surface area contributed by atoms with Crippen molar-refractivity contribution >= 4 is 56.5 Å². The fourth-order valence-electron chi connectivity index (χ4n) is 3.10. The van der Waals surface area contributed by atoms with E-state index in [1.165, 1.54) is 30.2 Å². The second kappa shape index (κ2) is 11.5. The highest BCUT2D eigenvalue weighted by molar-refractivity contribution is 8.01. The van der Waals surface area contributed by atoms with Crippen molar-refractivity contribution in [3.8, 4) is 17.2 Å². The summed E-state index contributed by atoms with van der Waals surface area (Å²) in [7, 11) is 3.07. The predicted octanol–water partition coefficient (Wildman–Crippen LogP) is 4.46. The molecular weight excluding hydrogens is 488 g/mol. The van der Waals surface area contributed by atoms with E-state index < -0.39 is 0 Å². The molecule has 180 valence electrons. The van der Waals surface area contributed by atoms with Gasteiger partial charge in [0.1, 0.15) is 17.2 Å². The molecular formula is C24H22N4O5S2. The summed E-state index contributed by atoms with van der Waals surface area (Å²) in [5.41, 5.74) is 0.538. The maximum absolute atomic E-state index is 12.3. The lowest BCUT2D eigenvalue weighted by Gasteiger charge is -2.11. The number of nitrogens with zero attached hydrogens (tertiary/aromatic N) is 2. The molecule has 9 nitrogen and oxygen atoms in total. The fraction of sp³-hybridized carbons (Fsp3) is 0.167. The Hall–Kier alpha value is -3.83. The number of rotatable bonds is 10. The van der Waals surface area contributed by atoms with E-state index in [0.29, 0.717) is 32.4 Å². The molecule has 0 bridgehead atoms. The lowest BCUT2D eigenvalue weighted by Crippen LogP contribution is -2.20. The van der Waals surface area contributed by atoms with Crippen LogP contribution >= 0.6 is 23.1 Å². The molecule has 0 unspecified atom stereocenters. The lowest BCUT2D eigenvalue weighted by molar-refractivity contribution is -0.118. The van der Waals surface area contributed by atoms with Crippen LogP contribution in [-0.4, -0.2) is 48.6 Å². The van der Waals surface area contributed by atoms with Gasteiger partial charge in [0.25, 0.3) is 5.91 Å². The Morgan fingerprint density at radius 1 is 0.886 bits per heavy atom. The Labute approximate surface area is 209 Å². The quantitative estimate of drug-likeness (QED) is 0.238. The Morgan fingerprint density at radius 2 is 1.69 bits per heavy atom. The first-order valence-electron chi connectivity index (χ1n) is 10.4. The molecule has 2 N–H and O–H groups in total. The van der Waals surface area contributed by atoms with Crippen LogP contribution in [0.15, 0.2) is 65.0 Å². The molecule has 0 atom stereocenters. The van der Waals surface area contributed by atoms with Gasteiger partial charge in [-0.2, -0.15) is 0 Å². The smallest absolute Gasteiger partial charge is 0.264 e. The summed E-state index contributed by atoms with van der Waals surface area (Å²) in [4.78, 5) is 24.6. The summed E-state index contributed by atoms with van der Waals surface area (Å²) in [5.74, 6) is 1.25. The van der Waals surface area contributed by atoms with E-state index in [9.17, 15) is 9.59 Å². The van der Waals surface area contributed by atoms with Gasteiger partial charge in [-0.15, -0.1) is 10.2 Å². The number of fused-ring (bicyclic) bond motifs is 1. The minimum atomic E-state index is -0.352. The minimum absolute atomic E-state index is 0.114. The second-order valence-electron chi connectivity index (χ2n) is 7.12. The van der Waals surface area contributed by atoms with Crippen LogP contribution in [0.5, 0.6) is 17.2 Å². The molecule has 0 radical (unpaired) electrons. The van der Waals surface area contributed by atoms with Crippen molar-refractivity contribution in [1.82, 2.24) is 10.2 Å². The first kappa shape index (κ1) is 24.3. The number of amides is 2. The molecule has 0 saturated carbocycles. The Bertz CT molecular complexity index is 1340. The zero-order valence-corrected chi connectivity index (χ0v) is 20.6. The van der Waals surface area contributed by atoms with Crippen LogP contribution in [0, 0.1) is 0 Å². The van der Waals surface area contributed by atoms with Crippen molar-refractivity contribution in [3.63, 3.8) is 0 Å². The van der Waals surface area contributed by atoms with Gasteiger partial charge in [-0.25, -0.2) is 0 Å². The molecule has 4 rings (SSSR count). The molecule has 0 aliphatic carbocycles. The normalized spacial score (nSPS) is 10.6. The number of carbonyl (C=O) groups is 2. The molecule has 0 aliphatic heterocycles. The van der Waals surface area contributed by atoms with E-state index >= 15 is 0 Å². The fourth-order valence-corrected chi connectivity index (χ4v) is 4.66. The maximum Gasteiger partial charge on any atom is 0.264 e. The summed E-state index contributed by atoms with van der Waals surface area (Å²) >= 11 is 2.39. The number of hydrogen-bond donors (Lipinski definition) is 2. The molecule has 11 heteroatoms. The number of ether oxygens (including phenoxy) is 3. The molecule has 1 aromatic heterocycles. The van der Waals surface area contributed by atoms with Crippen molar-refractivity contribution in [2.75, 3.05) is 37.2 Å². The molecule has 1 heterocycles. The van der Waals surface area contributed by atoms with Gasteiger partial charge < -0.3 is 19.5 Å². The van der Waals surface area contributed by atoms with Gasteiger partial charge in [0.05, 0.1) is 25.7 Å². The van der Waals surface area contributed by atoms with Crippen molar-refractivity contribution < 1.29 is 23.8 Å². The van der Waals surface area contributed by atoms with Gasteiger partial charge in [-0.1, -0.05) is 53.4 Å². The first-order chi connectivity index (χ1) is 17.0. The molecule has 0 saturated heterocycles. The van der Waals surface area contributed by atoms with Crippen LogP contribution in [0.3, 0.4) is 0 Å². The molecule has 0 aliphatic rings. The third-order valence-electron chi connectivity index (χ3n) is 4.75.